The lowest BCUT2D eigenvalue weighted by atomic mass is 10.1. The number of amides is 2. The van der Waals surface area contributed by atoms with E-state index in [4.69, 9.17) is 9.47 Å². The zero-order valence-electron chi connectivity index (χ0n) is 23.0. The number of hydrogen-bond acceptors (Lipinski definition) is 6. The van der Waals surface area contributed by atoms with Crippen LogP contribution < -0.4 is 19.7 Å². The highest BCUT2D eigenvalue weighted by Gasteiger charge is 2.34. The number of benzene rings is 3. The Hall–Kier alpha value is -3.89. The summed E-state index contributed by atoms with van der Waals surface area (Å²) in [5.74, 6) is 0.193. The van der Waals surface area contributed by atoms with Gasteiger partial charge in [0.25, 0.3) is 11.8 Å². The van der Waals surface area contributed by atoms with Gasteiger partial charge in [-0.3, -0.25) is 9.59 Å². The maximum atomic E-state index is 13.3. The Morgan fingerprint density at radius 1 is 1.02 bits per heavy atom. The molecule has 1 N–H and O–H groups in total. The highest BCUT2D eigenvalue weighted by molar-refractivity contribution is 7.89. The third-order valence-electron chi connectivity index (χ3n) is 6.76. The van der Waals surface area contributed by atoms with Gasteiger partial charge in [0.15, 0.2) is 12.7 Å². The number of carbonyl (C=O) groups is 2. The van der Waals surface area contributed by atoms with Crippen LogP contribution in [0.2, 0.25) is 0 Å². The van der Waals surface area contributed by atoms with Crippen LogP contribution in [-0.4, -0.2) is 63.4 Å². The normalized spacial score (nSPS) is 14.8. The van der Waals surface area contributed by atoms with Gasteiger partial charge >= 0.3 is 0 Å². The second kappa shape index (κ2) is 13.0. The summed E-state index contributed by atoms with van der Waals surface area (Å²) in [7, 11) is -3.61. The minimum atomic E-state index is -3.61. The van der Waals surface area contributed by atoms with Crippen LogP contribution in [0, 0.1) is 6.92 Å². The van der Waals surface area contributed by atoms with E-state index in [1.54, 1.807) is 57.2 Å². The van der Waals surface area contributed by atoms with E-state index in [-0.39, 0.29) is 29.9 Å². The van der Waals surface area contributed by atoms with Crippen LogP contribution in [0.3, 0.4) is 0 Å². The highest BCUT2D eigenvalue weighted by atomic mass is 32.2. The van der Waals surface area contributed by atoms with Crippen molar-refractivity contribution in [3.63, 3.8) is 0 Å². The zero-order valence-corrected chi connectivity index (χ0v) is 23.8. The molecule has 0 radical (unpaired) electrons. The molecule has 1 heterocycles. The zero-order chi connectivity index (χ0) is 28.7. The fraction of sp³-hybridized carbons (Fsp3) is 0.333. The highest BCUT2D eigenvalue weighted by Crippen LogP contribution is 2.33. The number of nitrogens with one attached hydrogen (secondary N) is 1. The molecular formula is C30H35N3O6S. The van der Waals surface area contributed by atoms with Crippen LogP contribution in [0.25, 0.3) is 0 Å². The molecule has 0 fully saturated rings. The predicted octanol–water partition coefficient (Wildman–Crippen LogP) is 3.56. The Balaban J connectivity index is 1.42. The number of carbonyl (C=O) groups excluding carboxylic acids is 2. The van der Waals surface area contributed by atoms with Gasteiger partial charge in [-0.2, -0.15) is 4.31 Å². The van der Waals surface area contributed by atoms with Crippen LogP contribution in [0.15, 0.2) is 77.7 Å². The van der Waals surface area contributed by atoms with E-state index in [0.717, 1.165) is 5.56 Å². The van der Waals surface area contributed by atoms with Crippen molar-refractivity contribution in [3.8, 4) is 11.5 Å². The molecule has 0 bridgehead atoms. The molecule has 0 aromatic heterocycles. The molecule has 40 heavy (non-hydrogen) atoms. The van der Waals surface area contributed by atoms with E-state index in [9.17, 15) is 18.0 Å². The number of rotatable bonds is 11. The summed E-state index contributed by atoms with van der Waals surface area (Å²) in [6, 6.07) is 21.5. The van der Waals surface area contributed by atoms with Gasteiger partial charge in [-0.25, -0.2) is 8.42 Å². The summed E-state index contributed by atoms with van der Waals surface area (Å²) in [5, 5.41) is 2.90. The lowest BCUT2D eigenvalue weighted by molar-refractivity contribution is -0.128. The average Bonchev–Trinajstić information content (AvgIpc) is 2.96. The molecular weight excluding hydrogens is 530 g/mol. The number of nitrogens with zero attached hydrogens (tertiary/aromatic N) is 2. The number of sulfonamides is 1. The minimum absolute atomic E-state index is 0.0381. The number of para-hydroxylation sites is 2. The Labute approximate surface area is 235 Å². The fourth-order valence-electron chi connectivity index (χ4n) is 4.57. The number of hydrogen-bond donors (Lipinski definition) is 1. The van der Waals surface area contributed by atoms with Crippen LogP contribution in [0.5, 0.6) is 11.5 Å². The van der Waals surface area contributed by atoms with E-state index in [2.05, 4.69) is 5.32 Å². The first kappa shape index (κ1) is 29.1. The molecule has 0 spiro atoms. The molecule has 0 saturated carbocycles. The molecule has 1 atom stereocenters. The first-order valence-electron chi connectivity index (χ1n) is 13.4. The molecule has 2 amide bonds. The van der Waals surface area contributed by atoms with Crippen molar-refractivity contribution in [2.45, 2.75) is 38.2 Å². The maximum Gasteiger partial charge on any atom is 0.265 e. The Bertz CT molecular complexity index is 1440. The molecule has 0 unspecified atom stereocenters. The molecule has 212 valence electrons. The second-order valence-corrected chi connectivity index (χ2v) is 11.3. The minimum Gasteiger partial charge on any atom is -0.483 e. The molecule has 3 aromatic rings. The van der Waals surface area contributed by atoms with Crippen LogP contribution in [0.4, 0.5) is 5.69 Å². The summed E-state index contributed by atoms with van der Waals surface area (Å²) >= 11 is 0. The number of anilines is 1. The van der Waals surface area contributed by atoms with Crippen molar-refractivity contribution in [1.82, 2.24) is 9.62 Å². The van der Waals surface area contributed by atoms with E-state index in [1.165, 1.54) is 15.3 Å². The third kappa shape index (κ3) is 6.63. The topological polar surface area (TPSA) is 105 Å². The molecule has 1 aliphatic heterocycles. The summed E-state index contributed by atoms with van der Waals surface area (Å²) in [6.45, 7) is 6.26. The second-order valence-electron chi connectivity index (χ2n) is 9.41. The molecule has 1 aliphatic rings. The van der Waals surface area contributed by atoms with Crippen LogP contribution in [-0.2, 0) is 26.0 Å². The quantitative estimate of drug-likeness (QED) is 0.381. The summed E-state index contributed by atoms with van der Waals surface area (Å²) in [4.78, 5) is 27.9. The van der Waals surface area contributed by atoms with Gasteiger partial charge in [-0.1, -0.05) is 56.3 Å². The number of ether oxygens (including phenoxy) is 2. The van der Waals surface area contributed by atoms with E-state index in [1.807, 2.05) is 30.3 Å². The summed E-state index contributed by atoms with van der Waals surface area (Å²) < 4.78 is 38.8. The monoisotopic (exact) mass is 565 g/mol. The molecule has 0 aliphatic carbocycles. The SMILES string of the molecule is CCN(CC)S(=O)(=O)c1ccc(OCC(=O)N2C[C@H](C(=O)NCCc3ccccc3)Oc3ccccc32)c(C)c1. The van der Waals surface area contributed by atoms with E-state index < -0.39 is 16.1 Å². The van der Waals surface area contributed by atoms with Crippen LogP contribution >= 0.6 is 0 Å². The average molecular weight is 566 g/mol. The summed E-state index contributed by atoms with van der Waals surface area (Å²) in [5.41, 5.74) is 2.27. The number of fused-ring (bicyclic) bond motifs is 1. The fourth-order valence-corrected chi connectivity index (χ4v) is 6.11. The Kier molecular flexibility index (Phi) is 9.44. The van der Waals surface area contributed by atoms with E-state index in [0.29, 0.717) is 48.8 Å². The number of aryl methyl sites for hydroxylation is 1. The van der Waals surface area contributed by atoms with Gasteiger partial charge in [0.05, 0.1) is 17.1 Å². The smallest absolute Gasteiger partial charge is 0.265 e. The summed E-state index contributed by atoms with van der Waals surface area (Å²) in [6.07, 6.45) is -0.193. The first-order valence-corrected chi connectivity index (χ1v) is 14.8. The maximum absolute atomic E-state index is 13.3. The van der Waals surface area contributed by atoms with Crippen molar-refractivity contribution in [2.75, 3.05) is 37.7 Å². The largest absolute Gasteiger partial charge is 0.483 e. The molecule has 10 heteroatoms. The van der Waals surface area contributed by atoms with Gasteiger partial charge in [-0.15, -0.1) is 0 Å². The van der Waals surface area contributed by atoms with Crippen molar-refractivity contribution >= 4 is 27.5 Å². The Morgan fingerprint density at radius 3 is 2.42 bits per heavy atom. The van der Waals surface area contributed by atoms with E-state index >= 15 is 0 Å². The van der Waals surface area contributed by atoms with Gasteiger partial charge in [0, 0.05) is 19.6 Å². The van der Waals surface area contributed by atoms with Crippen molar-refractivity contribution in [1.29, 1.82) is 0 Å². The van der Waals surface area contributed by atoms with Crippen molar-refractivity contribution < 1.29 is 27.5 Å². The standard InChI is InChI=1S/C30H35N3O6S/c1-4-32(5-2)40(36,37)24-15-16-26(22(3)19-24)38-21-29(34)33-20-28(39-27-14-10-9-13-25(27)33)30(35)31-18-17-23-11-7-6-8-12-23/h6-16,19,28H,4-5,17-18,20-21H2,1-3H3,(H,31,35)/t28-/m1/s1. The van der Waals surface area contributed by atoms with Gasteiger partial charge in [0.1, 0.15) is 11.5 Å². The molecule has 9 nitrogen and oxygen atoms in total. The molecule has 0 saturated heterocycles. The predicted molar refractivity (Wildman–Crippen MR) is 153 cm³/mol. The van der Waals surface area contributed by atoms with Gasteiger partial charge in [0.2, 0.25) is 10.0 Å². The Morgan fingerprint density at radius 2 is 1.73 bits per heavy atom. The van der Waals surface area contributed by atoms with Crippen molar-refractivity contribution in [3.05, 3.63) is 83.9 Å². The van der Waals surface area contributed by atoms with Gasteiger partial charge < -0.3 is 19.7 Å². The first-order chi connectivity index (χ1) is 19.2. The lowest BCUT2D eigenvalue weighted by Gasteiger charge is -2.34. The van der Waals surface area contributed by atoms with Gasteiger partial charge in [-0.05, 0) is 54.8 Å². The molecule has 4 rings (SSSR count). The van der Waals surface area contributed by atoms with Crippen molar-refractivity contribution in [2.24, 2.45) is 0 Å². The molecule has 3 aromatic carbocycles. The van der Waals surface area contributed by atoms with Crippen LogP contribution in [0.1, 0.15) is 25.0 Å². The lowest BCUT2D eigenvalue weighted by Crippen LogP contribution is -2.52. The third-order valence-corrected chi connectivity index (χ3v) is 8.81.